The van der Waals surface area contributed by atoms with Crippen molar-refractivity contribution in [3.63, 3.8) is 0 Å². The van der Waals surface area contributed by atoms with Crippen molar-refractivity contribution in [2.75, 3.05) is 6.54 Å². The minimum absolute atomic E-state index is 0.0857. The number of amides is 1. The van der Waals surface area contributed by atoms with Crippen LogP contribution in [0, 0.1) is 13.8 Å². The van der Waals surface area contributed by atoms with Gasteiger partial charge in [-0.25, -0.2) is 9.97 Å². The lowest BCUT2D eigenvalue weighted by Gasteiger charge is -2.04. The molecule has 1 amide bonds. The lowest BCUT2D eigenvalue weighted by atomic mass is 10.1. The zero-order valence-electron chi connectivity index (χ0n) is 15.6. The van der Waals surface area contributed by atoms with E-state index in [4.69, 9.17) is 4.98 Å². The second-order valence-electron chi connectivity index (χ2n) is 6.52. The topological polar surface area (TPSA) is 86.5 Å². The molecular weight excluding hydrogens is 338 g/mol. The van der Waals surface area contributed by atoms with Gasteiger partial charge in [0.25, 0.3) is 5.91 Å². The van der Waals surface area contributed by atoms with Crippen LogP contribution in [0.5, 0.6) is 0 Å². The fourth-order valence-corrected chi connectivity index (χ4v) is 3.11. The van der Waals surface area contributed by atoms with Crippen LogP contribution in [-0.4, -0.2) is 32.4 Å². The van der Waals surface area contributed by atoms with Crippen molar-refractivity contribution in [2.24, 2.45) is 0 Å². The highest BCUT2D eigenvalue weighted by molar-refractivity contribution is 5.97. The van der Waals surface area contributed by atoms with E-state index >= 15 is 0 Å². The number of hydrogen-bond donors (Lipinski definition) is 3. The second kappa shape index (κ2) is 6.72. The average Bonchev–Trinajstić information content (AvgIpc) is 3.24. The molecule has 0 saturated heterocycles. The molecule has 0 bridgehead atoms. The Labute approximate surface area is 157 Å². The Balaban J connectivity index is 1.80. The first-order valence-corrected chi connectivity index (χ1v) is 8.97. The smallest absolute Gasteiger partial charge is 0.251 e. The van der Waals surface area contributed by atoms with Crippen LogP contribution >= 0.6 is 0 Å². The SMILES string of the molecule is CCNC(=O)c1ccc2nc(-c3ccccc3-c3nc(C)c(C)[nH]3)[nH]c2c1. The van der Waals surface area contributed by atoms with Crippen LogP contribution in [0.2, 0.25) is 0 Å². The predicted molar refractivity (Wildman–Crippen MR) is 107 cm³/mol. The molecule has 0 aliphatic heterocycles. The van der Waals surface area contributed by atoms with E-state index in [1.54, 1.807) is 6.07 Å². The molecule has 2 heterocycles. The summed E-state index contributed by atoms with van der Waals surface area (Å²) in [5.74, 6) is 1.49. The maximum atomic E-state index is 12.1. The van der Waals surface area contributed by atoms with Gasteiger partial charge in [0.1, 0.15) is 11.6 Å². The van der Waals surface area contributed by atoms with E-state index in [0.717, 1.165) is 45.2 Å². The van der Waals surface area contributed by atoms with E-state index in [-0.39, 0.29) is 5.91 Å². The molecule has 0 unspecified atom stereocenters. The summed E-state index contributed by atoms with van der Waals surface area (Å²) in [5, 5.41) is 2.82. The van der Waals surface area contributed by atoms with Crippen LogP contribution in [0.4, 0.5) is 0 Å². The summed E-state index contributed by atoms with van der Waals surface area (Å²) in [5.41, 5.74) is 6.24. The van der Waals surface area contributed by atoms with Crippen LogP contribution in [0.25, 0.3) is 33.8 Å². The molecule has 0 spiro atoms. The first-order chi connectivity index (χ1) is 13.1. The van der Waals surface area contributed by atoms with Crippen molar-refractivity contribution in [1.29, 1.82) is 0 Å². The number of rotatable bonds is 4. The number of aromatic nitrogens is 4. The molecule has 0 fully saturated rings. The van der Waals surface area contributed by atoms with E-state index in [1.807, 2.05) is 57.2 Å². The quantitative estimate of drug-likeness (QED) is 0.515. The molecule has 0 radical (unpaired) electrons. The zero-order valence-corrected chi connectivity index (χ0v) is 15.6. The Morgan fingerprint density at radius 1 is 1.00 bits per heavy atom. The van der Waals surface area contributed by atoms with Crippen molar-refractivity contribution in [3.05, 3.63) is 59.4 Å². The van der Waals surface area contributed by atoms with Gasteiger partial charge in [0.2, 0.25) is 0 Å². The van der Waals surface area contributed by atoms with Gasteiger partial charge in [0.05, 0.1) is 16.7 Å². The Kier molecular flexibility index (Phi) is 4.24. The van der Waals surface area contributed by atoms with Gasteiger partial charge < -0.3 is 15.3 Å². The van der Waals surface area contributed by atoms with E-state index in [1.165, 1.54) is 0 Å². The minimum Gasteiger partial charge on any atom is -0.352 e. The Hall–Kier alpha value is -3.41. The summed E-state index contributed by atoms with van der Waals surface area (Å²) >= 11 is 0. The second-order valence-corrected chi connectivity index (χ2v) is 6.52. The molecule has 2 aromatic carbocycles. The number of nitrogens with zero attached hydrogens (tertiary/aromatic N) is 2. The molecule has 136 valence electrons. The van der Waals surface area contributed by atoms with Crippen molar-refractivity contribution in [1.82, 2.24) is 25.3 Å². The largest absolute Gasteiger partial charge is 0.352 e. The Morgan fingerprint density at radius 3 is 2.33 bits per heavy atom. The number of hydrogen-bond acceptors (Lipinski definition) is 3. The molecule has 6 heteroatoms. The lowest BCUT2D eigenvalue weighted by Crippen LogP contribution is -2.22. The number of aryl methyl sites for hydroxylation is 2. The van der Waals surface area contributed by atoms with Crippen molar-refractivity contribution < 1.29 is 4.79 Å². The van der Waals surface area contributed by atoms with Gasteiger partial charge in [-0.05, 0) is 39.0 Å². The third-order valence-corrected chi connectivity index (χ3v) is 4.65. The first-order valence-electron chi connectivity index (χ1n) is 8.97. The summed E-state index contributed by atoms with van der Waals surface area (Å²) in [6, 6.07) is 13.5. The summed E-state index contributed by atoms with van der Waals surface area (Å²) in [6.07, 6.45) is 0. The maximum absolute atomic E-state index is 12.1. The first kappa shape index (κ1) is 17.0. The van der Waals surface area contributed by atoms with Crippen LogP contribution in [-0.2, 0) is 0 Å². The fourth-order valence-electron chi connectivity index (χ4n) is 3.11. The molecule has 4 rings (SSSR count). The molecular formula is C21H21N5O. The molecule has 4 aromatic rings. The normalized spacial score (nSPS) is 11.1. The molecule has 0 saturated carbocycles. The monoisotopic (exact) mass is 359 g/mol. The molecule has 2 aromatic heterocycles. The van der Waals surface area contributed by atoms with E-state index < -0.39 is 0 Å². The van der Waals surface area contributed by atoms with Gasteiger partial charge in [0.15, 0.2) is 0 Å². The Morgan fingerprint density at radius 2 is 1.70 bits per heavy atom. The van der Waals surface area contributed by atoms with Gasteiger partial charge in [0, 0.05) is 28.9 Å². The maximum Gasteiger partial charge on any atom is 0.251 e. The van der Waals surface area contributed by atoms with Crippen LogP contribution < -0.4 is 5.32 Å². The standard InChI is InChI=1S/C21H21N5O/c1-4-22-21(27)14-9-10-17-18(11-14)26-20(25-17)16-8-6-5-7-15(16)19-23-12(2)13(3)24-19/h5-11H,4H2,1-3H3,(H,22,27)(H,23,24)(H,25,26). The summed E-state index contributed by atoms with van der Waals surface area (Å²) in [4.78, 5) is 28.1. The van der Waals surface area contributed by atoms with Crippen molar-refractivity contribution in [3.8, 4) is 22.8 Å². The van der Waals surface area contributed by atoms with E-state index in [2.05, 4.69) is 20.3 Å². The summed E-state index contributed by atoms with van der Waals surface area (Å²) < 4.78 is 0. The number of carbonyl (C=O) groups is 1. The molecule has 6 nitrogen and oxygen atoms in total. The van der Waals surface area contributed by atoms with Gasteiger partial charge in [-0.3, -0.25) is 4.79 Å². The fraction of sp³-hybridized carbons (Fsp3) is 0.190. The number of H-pyrrole nitrogens is 2. The van der Waals surface area contributed by atoms with Gasteiger partial charge in [-0.2, -0.15) is 0 Å². The van der Waals surface area contributed by atoms with Gasteiger partial charge in [-0.1, -0.05) is 24.3 Å². The zero-order chi connectivity index (χ0) is 19.0. The van der Waals surface area contributed by atoms with E-state index in [0.29, 0.717) is 12.1 Å². The number of fused-ring (bicyclic) bond motifs is 1. The summed E-state index contributed by atoms with van der Waals surface area (Å²) in [7, 11) is 0. The number of benzene rings is 2. The third kappa shape index (κ3) is 3.10. The number of carbonyl (C=O) groups excluding carboxylic acids is 1. The molecule has 0 aliphatic rings. The lowest BCUT2D eigenvalue weighted by molar-refractivity contribution is 0.0956. The van der Waals surface area contributed by atoms with E-state index in [9.17, 15) is 4.79 Å². The van der Waals surface area contributed by atoms with Crippen LogP contribution in [0.15, 0.2) is 42.5 Å². The van der Waals surface area contributed by atoms with Gasteiger partial charge in [-0.15, -0.1) is 0 Å². The van der Waals surface area contributed by atoms with Gasteiger partial charge >= 0.3 is 0 Å². The number of nitrogens with one attached hydrogen (secondary N) is 3. The van der Waals surface area contributed by atoms with Crippen LogP contribution in [0.3, 0.4) is 0 Å². The highest BCUT2D eigenvalue weighted by Crippen LogP contribution is 2.30. The Bertz CT molecular complexity index is 1120. The average molecular weight is 359 g/mol. The highest BCUT2D eigenvalue weighted by atomic mass is 16.1. The molecule has 0 aliphatic carbocycles. The minimum atomic E-state index is -0.0857. The van der Waals surface area contributed by atoms with Crippen molar-refractivity contribution in [2.45, 2.75) is 20.8 Å². The summed E-state index contributed by atoms with van der Waals surface area (Å²) in [6.45, 7) is 6.50. The van der Waals surface area contributed by atoms with Crippen molar-refractivity contribution >= 4 is 16.9 Å². The molecule has 27 heavy (non-hydrogen) atoms. The predicted octanol–water partition coefficient (Wildman–Crippen LogP) is 3.99. The number of aromatic amines is 2. The molecule has 0 atom stereocenters. The third-order valence-electron chi connectivity index (χ3n) is 4.65. The van der Waals surface area contributed by atoms with Crippen LogP contribution in [0.1, 0.15) is 28.7 Å². The number of imidazole rings is 2. The molecule has 3 N–H and O–H groups in total. The highest BCUT2D eigenvalue weighted by Gasteiger charge is 2.15.